The van der Waals surface area contributed by atoms with Crippen molar-refractivity contribution in [1.82, 2.24) is 20.4 Å². The minimum Gasteiger partial charge on any atom is -0.406 e. The summed E-state index contributed by atoms with van der Waals surface area (Å²) in [6, 6.07) is 3.84. The molecule has 33 heavy (non-hydrogen) atoms. The van der Waals surface area contributed by atoms with Crippen molar-refractivity contribution < 1.29 is 32.3 Å². The quantitative estimate of drug-likeness (QED) is 0.585. The maximum Gasteiger partial charge on any atom is 0.573 e. The Kier molecular flexibility index (Phi) is 8.67. The van der Waals surface area contributed by atoms with Crippen molar-refractivity contribution in [3.05, 3.63) is 24.3 Å². The second-order valence-corrected chi connectivity index (χ2v) is 8.80. The first-order chi connectivity index (χ1) is 15.2. The Morgan fingerprint density at radius 1 is 1.03 bits per heavy atom. The van der Waals surface area contributed by atoms with Gasteiger partial charge in [0.25, 0.3) is 0 Å². The van der Waals surface area contributed by atoms with Gasteiger partial charge in [0, 0.05) is 37.4 Å². The lowest BCUT2D eigenvalue weighted by Crippen LogP contribution is -2.57. The van der Waals surface area contributed by atoms with Crippen LogP contribution >= 0.6 is 0 Å². The van der Waals surface area contributed by atoms with Gasteiger partial charge >= 0.3 is 12.4 Å². The zero-order valence-electron chi connectivity index (χ0n) is 19.1. The van der Waals surface area contributed by atoms with Crippen molar-refractivity contribution in [1.29, 1.82) is 0 Å². The number of carbonyl (C=O) groups excluding carboxylic acids is 3. The highest BCUT2D eigenvalue weighted by Gasteiger charge is 2.31. The number of piperazine rings is 1. The number of amides is 4. The van der Waals surface area contributed by atoms with E-state index in [9.17, 15) is 27.6 Å². The minimum absolute atomic E-state index is 0.100. The summed E-state index contributed by atoms with van der Waals surface area (Å²) >= 11 is 0. The number of benzene rings is 1. The molecule has 1 aliphatic heterocycles. The van der Waals surface area contributed by atoms with Crippen LogP contribution in [0.25, 0.3) is 0 Å². The van der Waals surface area contributed by atoms with E-state index in [4.69, 9.17) is 0 Å². The van der Waals surface area contributed by atoms with Gasteiger partial charge in [0.2, 0.25) is 11.8 Å². The molecular weight excluding hydrogens is 443 g/mol. The molecule has 0 saturated carbocycles. The number of alkyl halides is 3. The van der Waals surface area contributed by atoms with E-state index in [-0.39, 0.29) is 18.2 Å². The number of imide groups is 1. The molecule has 0 unspecified atom stereocenters. The molecular formula is C21H30F3N5O4. The monoisotopic (exact) mass is 473 g/mol. The van der Waals surface area contributed by atoms with Gasteiger partial charge in [0.1, 0.15) is 5.75 Å². The lowest BCUT2D eigenvalue weighted by atomic mass is 10.1. The van der Waals surface area contributed by atoms with Crippen LogP contribution in [0.2, 0.25) is 0 Å². The van der Waals surface area contributed by atoms with E-state index >= 15 is 0 Å². The van der Waals surface area contributed by atoms with Crippen molar-refractivity contribution in [2.45, 2.75) is 45.6 Å². The fourth-order valence-electron chi connectivity index (χ4n) is 3.21. The van der Waals surface area contributed by atoms with Crippen LogP contribution in [0.4, 0.5) is 23.7 Å². The SMILES string of the molecule is C[C@H](C(=O)NC(=O)NC(C)(C)C)N1CCN(CC(=O)Nc2ccc(OC(F)(F)F)cc2)CC1. The Morgan fingerprint density at radius 2 is 1.61 bits per heavy atom. The summed E-state index contributed by atoms with van der Waals surface area (Å²) in [5, 5.41) is 7.64. The van der Waals surface area contributed by atoms with Crippen molar-refractivity contribution in [3.8, 4) is 5.75 Å². The summed E-state index contributed by atoms with van der Waals surface area (Å²) in [4.78, 5) is 40.3. The standard InChI is InChI=1S/C21H30F3N5O4/c1-14(18(31)26-19(32)27-20(2,3)4)29-11-9-28(10-12-29)13-17(30)25-15-5-7-16(8-6-15)33-21(22,23)24/h5-8,14H,9-13H2,1-4H3,(H,25,30)(H2,26,27,31,32)/t14-/m1/s1. The van der Waals surface area contributed by atoms with Crippen molar-refractivity contribution >= 4 is 23.5 Å². The summed E-state index contributed by atoms with van der Waals surface area (Å²) in [6.07, 6.45) is -4.77. The number of ether oxygens (including phenoxy) is 1. The highest BCUT2D eigenvalue weighted by atomic mass is 19.4. The first-order valence-corrected chi connectivity index (χ1v) is 10.5. The van der Waals surface area contributed by atoms with Gasteiger partial charge in [0.15, 0.2) is 0 Å². The zero-order chi connectivity index (χ0) is 24.8. The molecule has 1 fully saturated rings. The van der Waals surface area contributed by atoms with Gasteiger partial charge in [-0.25, -0.2) is 4.79 Å². The third kappa shape index (κ3) is 9.66. The topological polar surface area (TPSA) is 103 Å². The number of hydrogen-bond acceptors (Lipinski definition) is 6. The van der Waals surface area contributed by atoms with Crippen LogP contribution in [-0.4, -0.2) is 78.3 Å². The number of halogens is 3. The highest BCUT2D eigenvalue weighted by molar-refractivity contribution is 5.97. The number of urea groups is 1. The van der Waals surface area contributed by atoms with Crippen molar-refractivity contribution in [2.24, 2.45) is 0 Å². The molecule has 1 heterocycles. The summed E-state index contributed by atoms with van der Waals surface area (Å²) in [6.45, 7) is 9.40. The molecule has 0 spiro atoms. The Labute approximate surface area is 190 Å². The van der Waals surface area contributed by atoms with Gasteiger partial charge in [0.05, 0.1) is 12.6 Å². The number of carbonyl (C=O) groups is 3. The average Bonchev–Trinajstić information content (AvgIpc) is 2.67. The first-order valence-electron chi connectivity index (χ1n) is 10.5. The van der Waals surface area contributed by atoms with E-state index in [0.29, 0.717) is 31.9 Å². The lowest BCUT2D eigenvalue weighted by Gasteiger charge is -2.37. The molecule has 1 saturated heterocycles. The average molecular weight is 473 g/mol. The minimum atomic E-state index is -4.77. The molecule has 1 aliphatic rings. The van der Waals surface area contributed by atoms with E-state index in [1.807, 2.05) is 30.6 Å². The molecule has 0 aromatic heterocycles. The zero-order valence-corrected chi connectivity index (χ0v) is 19.1. The molecule has 0 radical (unpaired) electrons. The largest absolute Gasteiger partial charge is 0.573 e. The van der Waals surface area contributed by atoms with E-state index in [1.54, 1.807) is 6.92 Å². The Hall–Kier alpha value is -2.86. The van der Waals surface area contributed by atoms with Gasteiger partial charge in [-0.1, -0.05) is 0 Å². The van der Waals surface area contributed by atoms with Gasteiger partial charge < -0.3 is 15.4 Å². The normalized spacial score (nSPS) is 16.6. The Bertz CT molecular complexity index is 832. The van der Waals surface area contributed by atoms with Crippen LogP contribution in [-0.2, 0) is 9.59 Å². The predicted molar refractivity (Wildman–Crippen MR) is 116 cm³/mol. The fraction of sp³-hybridized carbons (Fsp3) is 0.571. The maximum atomic E-state index is 12.3. The molecule has 1 atom stereocenters. The summed E-state index contributed by atoms with van der Waals surface area (Å²) in [5.41, 5.74) is -0.106. The van der Waals surface area contributed by atoms with Gasteiger partial charge in [-0.05, 0) is 52.0 Å². The van der Waals surface area contributed by atoms with Crippen LogP contribution in [0.15, 0.2) is 24.3 Å². The van der Waals surface area contributed by atoms with Crippen LogP contribution in [0.3, 0.4) is 0 Å². The fourth-order valence-corrected chi connectivity index (χ4v) is 3.21. The molecule has 3 N–H and O–H groups in total. The number of anilines is 1. The molecule has 0 bridgehead atoms. The molecule has 1 aromatic rings. The second-order valence-electron chi connectivity index (χ2n) is 8.80. The third-order valence-corrected chi connectivity index (χ3v) is 4.80. The van der Waals surface area contributed by atoms with Crippen LogP contribution in [0.1, 0.15) is 27.7 Å². The molecule has 1 aromatic carbocycles. The van der Waals surface area contributed by atoms with E-state index < -0.39 is 29.9 Å². The summed E-state index contributed by atoms with van der Waals surface area (Å²) < 4.78 is 40.4. The molecule has 9 nitrogen and oxygen atoms in total. The van der Waals surface area contributed by atoms with Crippen molar-refractivity contribution in [3.63, 3.8) is 0 Å². The molecule has 2 rings (SSSR count). The molecule has 4 amide bonds. The predicted octanol–water partition coefficient (Wildman–Crippen LogP) is 2.15. The Morgan fingerprint density at radius 3 is 2.12 bits per heavy atom. The summed E-state index contributed by atoms with van der Waals surface area (Å²) in [7, 11) is 0. The van der Waals surface area contributed by atoms with Crippen LogP contribution in [0, 0.1) is 0 Å². The van der Waals surface area contributed by atoms with Crippen LogP contribution in [0.5, 0.6) is 5.75 Å². The molecule has 12 heteroatoms. The third-order valence-electron chi connectivity index (χ3n) is 4.80. The highest BCUT2D eigenvalue weighted by Crippen LogP contribution is 2.24. The Balaban J connectivity index is 1.75. The number of nitrogens with one attached hydrogen (secondary N) is 3. The second kappa shape index (κ2) is 10.8. The summed E-state index contributed by atoms with van der Waals surface area (Å²) in [5.74, 6) is -1.08. The number of hydrogen-bond donors (Lipinski definition) is 3. The maximum absolute atomic E-state index is 12.3. The van der Waals surface area contributed by atoms with Gasteiger partial charge in [-0.3, -0.25) is 24.7 Å². The van der Waals surface area contributed by atoms with Gasteiger partial charge in [-0.15, -0.1) is 13.2 Å². The number of rotatable bonds is 6. The van der Waals surface area contributed by atoms with Crippen LogP contribution < -0.4 is 20.7 Å². The van der Waals surface area contributed by atoms with Crippen molar-refractivity contribution in [2.75, 3.05) is 38.0 Å². The van der Waals surface area contributed by atoms with Gasteiger partial charge in [-0.2, -0.15) is 0 Å². The van der Waals surface area contributed by atoms with E-state index in [2.05, 4.69) is 20.7 Å². The van der Waals surface area contributed by atoms with E-state index in [1.165, 1.54) is 12.1 Å². The molecule has 0 aliphatic carbocycles. The number of nitrogens with zero attached hydrogens (tertiary/aromatic N) is 2. The molecule has 184 valence electrons. The first kappa shape index (κ1) is 26.4. The van der Waals surface area contributed by atoms with E-state index in [0.717, 1.165) is 12.1 Å². The lowest BCUT2D eigenvalue weighted by molar-refractivity contribution is -0.274. The smallest absolute Gasteiger partial charge is 0.406 e.